The Labute approximate surface area is 88.8 Å². The van der Waals surface area contributed by atoms with Crippen LogP contribution in [0.15, 0.2) is 30.5 Å². The molecule has 3 nitrogen and oxygen atoms in total. The molecule has 2 rings (SSSR count). The molecule has 0 aliphatic heterocycles. The summed E-state index contributed by atoms with van der Waals surface area (Å²) in [4.78, 5) is 8.74. The molecule has 1 aromatic carbocycles. The number of nitrogens with zero attached hydrogens (tertiary/aromatic N) is 2. The van der Waals surface area contributed by atoms with Gasteiger partial charge in [0.05, 0.1) is 22.8 Å². The van der Waals surface area contributed by atoms with Crippen molar-refractivity contribution in [1.29, 1.82) is 0 Å². The molecule has 1 N–H and O–H groups in total. The van der Waals surface area contributed by atoms with Crippen molar-refractivity contribution < 1.29 is 5.11 Å². The van der Waals surface area contributed by atoms with E-state index in [1.54, 1.807) is 6.20 Å². The van der Waals surface area contributed by atoms with Crippen LogP contribution in [0.1, 0.15) is 19.0 Å². The van der Waals surface area contributed by atoms with Gasteiger partial charge in [-0.05, 0) is 18.6 Å². The van der Waals surface area contributed by atoms with Crippen LogP contribution in [0.5, 0.6) is 0 Å². The van der Waals surface area contributed by atoms with Crippen molar-refractivity contribution in [3.8, 4) is 0 Å². The Kier molecular flexibility index (Phi) is 2.92. The number of rotatable bonds is 3. The van der Waals surface area contributed by atoms with E-state index in [1.807, 2.05) is 31.2 Å². The molecule has 0 fully saturated rings. The van der Waals surface area contributed by atoms with Gasteiger partial charge in [-0.15, -0.1) is 0 Å². The van der Waals surface area contributed by atoms with E-state index in [-0.39, 0.29) is 6.10 Å². The van der Waals surface area contributed by atoms with Crippen LogP contribution in [0.2, 0.25) is 0 Å². The summed E-state index contributed by atoms with van der Waals surface area (Å²) < 4.78 is 0. The maximum Gasteiger partial charge on any atom is 0.0890 e. The molecule has 1 unspecified atom stereocenters. The normalized spacial score (nSPS) is 12.9. The molecule has 3 heteroatoms. The maximum atomic E-state index is 9.52. The number of hydrogen-bond acceptors (Lipinski definition) is 3. The molecule has 0 aliphatic rings. The highest BCUT2D eigenvalue weighted by atomic mass is 16.3. The molecule has 0 spiro atoms. The number of benzene rings is 1. The lowest BCUT2D eigenvalue weighted by atomic mass is 10.1. The Bertz CT molecular complexity index is 456. The summed E-state index contributed by atoms with van der Waals surface area (Å²) in [6, 6.07) is 7.75. The van der Waals surface area contributed by atoms with E-state index in [9.17, 15) is 5.11 Å². The molecular weight excluding hydrogens is 188 g/mol. The zero-order valence-electron chi connectivity index (χ0n) is 8.72. The van der Waals surface area contributed by atoms with Crippen LogP contribution in [0.4, 0.5) is 0 Å². The maximum absolute atomic E-state index is 9.52. The van der Waals surface area contributed by atoms with Gasteiger partial charge in [0, 0.05) is 12.6 Å². The van der Waals surface area contributed by atoms with Gasteiger partial charge in [0.25, 0.3) is 0 Å². The molecule has 0 aliphatic carbocycles. The van der Waals surface area contributed by atoms with Crippen molar-refractivity contribution in [2.45, 2.75) is 25.9 Å². The number of aliphatic hydroxyl groups is 1. The van der Waals surface area contributed by atoms with E-state index in [2.05, 4.69) is 9.97 Å². The Balaban J connectivity index is 2.30. The average molecular weight is 202 g/mol. The van der Waals surface area contributed by atoms with Crippen LogP contribution >= 0.6 is 0 Å². The lowest BCUT2D eigenvalue weighted by Crippen LogP contribution is -2.10. The second-order valence-electron chi connectivity index (χ2n) is 3.62. The van der Waals surface area contributed by atoms with Gasteiger partial charge in [-0.25, -0.2) is 4.98 Å². The second-order valence-corrected chi connectivity index (χ2v) is 3.62. The number of aromatic nitrogens is 2. The fourth-order valence-corrected chi connectivity index (χ4v) is 1.48. The molecular formula is C12H14N2O. The number of para-hydroxylation sites is 2. The van der Waals surface area contributed by atoms with Gasteiger partial charge in [-0.3, -0.25) is 4.98 Å². The van der Waals surface area contributed by atoms with E-state index >= 15 is 0 Å². The number of aliphatic hydroxyl groups excluding tert-OH is 1. The van der Waals surface area contributed by atoms with Gasteiger partial charge < -0.3 is 5.11 Å². The third-order valence-corrected chi connectivity index (χ3v) is 2.41. The summed E-state index contributed by atoms with van der Waals surface area (Å²) in [5, 5.41) is 9.52. The number of hydrogen-bond donors (Lipinski definition) is 1. The summed E-state index contributed by atoms with van der Waals surface area (Å²) in [6.45, 7) is 1.96. The fraction of sp³-hybridized carbons (Fsp3) is 0.333. The molecule has 1 atom stereocenters. The highest BCUT2D eigenvalue weighted by Gasteiger charge is 2.05. The topological polar surface area (TPSA) is 46.0 Å². The quantitative estimate of drug-likeness (QED) is 0.827. The third kappa shape index (κ3) is 2.30. The predicted octanol–water partition coefficient (Wildman–Crippen LogP) is 1.94. The van der Waals surface area contributed by atoms with Crippen molar-refractivity contribution in [2.75, 3.05) is 0 Å². The largest absolute Gasteiger partial charge is 0.393 e. The summed E-state index contributed by atoms with van der Waals surface area (Å²) in [6.07, 6.45) is 2.74. The van der Waals surface area contributed by atoms with Gasteiger partial charge in [0.15, 0.2) is 0 Å². The fourth-order valence-electron chi connectivity index (χ4n) is 1.48. The molecule has 0 bridgehead atoms. The molecule has 2 aromatic rings. The van der Waals surface area contributed by atoms with Gasteiger partial charge in [0.1, 0.15) is 0 Å². The van der Waals surface area contributed by atoms with E-state index in [0.29, 0.717) is 6.42 Å². The van der Waals surface area contributed by atoms with Crippen molar-refractivity contribution in [2.24, 2.45) is 0 Å². The minimum Gasteiger partial charge on any atom is -0.393 e. The summed E-state index contributed by atoms with van der Waals surface area (Å²) in [5.74, 6) is 0. The zero-order chi connectivity index (χ0) is 10.7. The highest BCUT2D eigenvalue weighted by molar-refractivity contribution is 5.73. The summed E-state index contributed by atoms with van der Waals surface area (Å²) >= 11 is 0. The standard InChI is InChI=1S/C12H14N2O/c1-2-10(15)7-9-8-13-11-5-3-4-6-12(11)14-9/h3-6,8,10,15H,2,7H2,1H3. The first-order valence-electron chi connectivity index (χ1n) is 5.18. The predicted molar refractivity (Wildman–Crippen MR) is 59.5 cm³/mol. The van der Waals surface area contributed by atoms with Gasteiger partial charge >= 0.3 is 0 Å². The zero-order valence-corrected chi connectivity index (χ0v) is 8.72. The molecule has 0 amide bonds. The van der Waals surface area contributed by atoms with Crippen LogP contribution in [0.3, 0.4) is 0 Å². The summed E-state index contributed by atoms with van der Waals surface area (Å²) in [7, 11) is 0. The molecule has 0 radical (unpaired) electrons. The van der Waals surface area contributed by atoms with E-state index in [0.717, 1.165) is 23.1 Å². The number of fused-ring (bicyclic) bond motifs is 1. The summed E-state index contributed by atoms with van der Waals surface area (Å²) in [5.41, 5.74) is 2.63. The van der Waals surface area contributed by atoms with E-state index in [1.165, 1.54) is 0 Å². The van der Waals surface area contributed by atoms with Crippen LogP contribution in [-0.2, 0) is 6.42 Å². The van der Waals surface area contributed by atoms with Gasteiger partial charge in [-0.1, -0.05) is 19.1 Å². The molecule has 0 saturated heterocycles. The van der Waals surface area contributed by atoms with E-state index in [4.69, 9.17) is 0 Å². The highest BCUT2D eigenvalue weighted by Crippen LogP contribution is 2.10. The van der Waals surface area contributed by atoms with Crippen molar-refractivity contribution in [1.82, 2.24) is 9.97 Å². The van der Waals surface area contributed by atoms with Crippen LogP contribution in [-0.4, -0.2) is 21.2 Å². The smallest absolute Gasteiger partial charge is 0.0890 e. The Hall–Kier alpha value is -1.48. The van der Waals surface area contributed by atoms with Crippen LogP contribution in [0.25, 0.3) is 11.0 Å². The Morgan fingerprint density at radius 1 is 1.27 bits per heavy atom. The lowest BCUT2D eigenvalue weighted by molar-refractivity contribution is 0.169. The van der Waals surface area contributed by atoms with Crippen molar-refractivity contribution >= 4 is 11.0 Å². The van der Waals surface area contributed by atoms with Gasteiger partial charge in [0.2, 0.25) is 0 Å². The second kappa shape index (κ2) is 4.36. The lowest BCUT2D eigenvalue weighted by Gasteiger charge is -2.06. The first kappa shape index (κ1) is 10.1. The molecule has 1 aromatic heterocycles. The SMILES string of the molecule is CCC(O)Cc1cnc2ccccc2n1. The van der Waals surface area contributed by atoms with Crippen molar-refractivity contribution in [3.05, 3.63) is 36.2 Å². The molecule has 15 heavy (non-hydrogen) atoms. The monoisotopic (exact) mass is 202 g/mol. The van der Waals surface area contributed by atoms with E-state index < -0.39 is 0 Å². The first-order chi connectivity index (χ1) is 7.29. The minimum absolute atomic E-state index is 0.319. The third-order valence-electron chi connectivity index (χ3n) is 2.41. The first-order valence-corrected chi connectivity index (χ1v) is 5.18. The van der Waals surface area contributed by atoms with Crippen LogP contribution < -0.4 is 0 Å². The average Bonchev–Trinajstić information content (AvgIpc) is 2.29. The Morgan fingerprint density at radius 3 is 2.73 bits per heavy atom. The van der Waals surface area contributed by atoms with Crippen LogP contribution in [0, 0.1) is 0 Å². The molecule has 78 valence electrons. The Morgan fingerprint density at radius 2 is 2.00 bits per heavy atom. The van der Waals surface area contributed by atoms with Gasteiger partial charge in [-0.2, -0.15) is 0 Å². The minimum atomic E-state index is -0.319. The molecule has 0 saturated carbocycles. The molecule has 1 heterocycles. The van der Waals surface area contributed by atoms with Crippen molar-refractivity contribution in [3.63, 3.8) is 0 Å².